The first-order valence-corrected chi connectivity index (χ1v) is 12.8. The standard InChI is InChI=1S/C26H33ClFNO3S/c1-18(2)29(24(30)17-25(3,4)5)23-11-6-19(16-22(23)28)26(12-14-32-15-13-26)33(31)21-9-7-20(27)8-10-21/h6-11,16,18H,12-15,17H2,1-5H3. The topological polar surface area (TPSA) is 46.6 Å². The van der Waals surface area contributed by atoms with Gasteiger partial charge in [0.15, 0.2) is 0 Å². The van der Waals surface area contributed by atoms with Gasteiger partial charge >= 0.3 is 0 Å². The predicted octanol–water partition coefficient (Wildman–Crippen LogP) is 6.47. The fourth-order valence-electron chi connectivity index (χ4n) is 4.29. The lowest BCUT2D eigenvalue weighted by Crippen LogP contribution is -2.40. The van der Waals surface area contributed by atoms with Crippen molar-refractivity contribution in [2.45, 2.75) is 69.6 Å². The third-order valence-corrected chi connectivity index (χ3v) is 8.19. The largest absolute Gasteiger partial charge is 0.381 e. The zero-order chi connectivity index (χ0) is 24.4. The zero-order valence-corrected chi connectivity index (χ0v) is 21.6. The van der Waals surface area contributed by atoms with Gasteiger partial charge in [-0.3, -0.25) is 9.00 Å². The molecule has 1 aliphatic rings. The van der Waals surface area contributed by atoms with Crippen molar-refractivity contribution in [3.8, 4) is 0 Å². The second-order valence-corrected chi connectivity index (χ2v) is 12.3. The van der Waals surface area contributed by atoms with Crippen LogP contribution in [0.15, 0.2) is 47.4 Å². The molecule has 0 saturated carbocycles. The second-order valence-electron chi connectivity index (χ2n) is 10.1. The number of halogens is 2. The Kier molecular flexibility index (Phi) is 8.03. The molecule has 0 aromatic heterocycles. The van der Waals surface area contributed by atoms with Gasteiger partial charge in [0.25, 0.3) is 0 Å². The molecular weight excluding hydrogens is 461 g/mol. The van der Waals surface area contributed by atoms with Crippen molar-refractivity contribution in [1.29, 1.82) is 0 Å². The van der Waals surface area contributed by atoms with Gasteiger partial charge in [0.05, 0.1) is 21.2 Å². The Morgan fingerprint density at radius 1 is 1.15 bits per heavy atom. The first-order chi connectivity index (χ1) is 15.4. The van der Waals surface area contributed by atoms with E-state index >= 15 is 4.39 Å². The second kappa shape index (κ2) is 10.2. The Morgan fingerprint density at radius 3 is 2.27 bits per heavy atom. The molecule has 0 radical (unpaired) electrons. The number of amides is 1. The van der Waals surface area contributed by atoms with Crippen LogP contribution in [0.25, 0.3) is 0 Å². The highest BCUT2D eigenvalue weighted by atomic mass is 35.5. The van der Waals surface area contributed by atoms with Crippen LogP contribution >= 0.6 is 11.6 Å². The predicted molar refractivity (Wildman–Crippen MR) is 133 cm³/mol. The Hall–Kier alpha value is -1.76. The summed E-state index contributed by atoms with van der Waals surface area (Å²) in [5, 5.41) is 0.570. The number of rotatable bonds is 6. The maximum absolute atomic E-state index is 15.6. The molecule has 1 amide bonds. The summed E-state index contributed by atoms with van der Waals surface area (Å²) in [6.07, 6.45) is 1.34. The quantitative estimate of drug-likeness (QED) is 0.463. The Morgan fingerprint density at radius 2 is 1.76 bits per heavy atom. The minimum absolute atomic E-state index is 0.116. The summed E-state index contributed by atoms with van der Waals surface area (Å²) in [6.45, 7) is 10.6. The van der Waals surface area contributed by atoms with Gasteiger partial charge in [0.1, 0.15) is 5.82 Å². The van der Waals surface area contributed by atoms with E-state index in [-0.39, 0.29) is 23.1 Å². The van der Waals surface area contributed by atoms with Gasteiger partial charge in [-0.25, -0.2) is 4.39 Å². The van der Waals surface area contributed by atoms with Crippen molar-refractivity contribution in [2.75, 3.05) is 18.1 Å². The Bertz CT molecular complexity index is 1010. The van der Waals surface area contributed by atoms with Crippen LogP contribution in [0, 0.1) is 11.2 Å². The lowest BCUT2D eigenvalue weighted by atomic mass is 9.89. The third-order valence-electron chi connectivity index (χ3n) is 5.88. The molecule has 0 bridgehead atoms. The van der Waals surface area contributed by atoms with E-state index in [9.17, 15) is 9.00 Å². The zero-order valence-electron chi connectivity index (χ0n) is 20.0. The number of hydrogen-bond acceptors (Lipinski definition) is 3. The number of ether oxygens (including phenoxy) is 1. The normalized spacial score (nSPS) is 17.1. The van der Waals surface area contributed by atoms with Crippen LogP contribution in [0.5, 0.6) is 0 Å². The maximum atomic E-state index is 15.6. The molecule has 4 nitrogen and oxygen atoms in total. The van der Waals surface area contributed by atoms with Gasteiger partial charge in [-0.05, 0) is 74.1 Å². The van der Waals surface area contributed by atoms with Crippen LogP contribution in [0.2, 0.25) is 5.02 Å². The molecule has 180 valence electrons. The molecule has 1 aliphatic heterocycles. The van der Waals surface area contributed by atoms with Crippen molar-refractivity contribution in [2.24, 2.45) is 5.41 Å². The molecule has 2 aromatic rings. The van der Waals surface area contributed by atoms with E-state index in [2.05, 4.69) is 0 Å². The fourth-order valence-corrected chi connectivity index (χ4v) is 6.13. The summed E-state index contributed by atoms with van der Waals surface area (Å²) in [5.74, 6) is -0.600. The molecule has 0 aliphatic carbocycles. The highest BCUT2D eigenvalue weighted by Crippen LogP contribution is 2.42. The van der Waals surface area contributed by atoms with Gasteiger partial charge < -0.3 is 9.64 Å². The number of hydrogen-bond donors (Lipinski definition) is 0. The van der Waals surface area contributed by atoms with E-state index in [0.717, 1.165) is 0 Å². The van der Waals surface area contributed by atoms with Gasteiger partial charge in [0, 0.05) is 35.6 Å². The summed E-state index contributed by atoms with van der Waals surface area (Å²) in [7, 11) is -1.43. The molecule has 2 aromatic carbocycles. The average Bonchev–Trinajstić information content (AvgIpc) is 2.74. The Labute approximate surface area is 203 Å². The van der Waals surface area contributed by atoms with E-state index < -0.39 is 21.4 Å². The van der Waals surface area contributed by atoms with E-state index in [0.29, 0.717) is 48.0 Å². The number of nitrogens with zero attached hydrogens (tertiary/aromatic N) is 1. The lowest BCUT2D eigenvalue weighted by Gasteiger charge is -2.37. The molecule has 1 heterocycles. The summed E-state index contributed by atoms with van der Waals surface area (Å²) >= 11 is 6.01. The van der Waals surface area contributed by atoms with Gasteiger partial charge in [-0.15, -0.1) is 0 Å². The number of carbonyl (C=O) groups is 1. The molecule has 1 saturated heterocycles. The van der Waals surface area contributed by atoms with Crippen LogP contribution in [-0.4, -0.2) is 29.4 Å². The molecule has 0 N–H and O–H groups in total. The fraction of sp³-hybridized carbons (Fsp3) is 0.500. The molecule has 1 atom stereocenters. The van der Waals surface area contributed by atoms with Crippen LogP contribution < -0.4 is 4.90 Å². The van der Waals surface area contributed by atoms with E-state index in [1.165, 1.54) is 11.0 Å². The Balaban J connectivity index is 2.02. The van der Waals surface area contributed by atoms with Crippen molar-refractivity contribution >= 4 is 34.0 Å². The summed E-state index contributed by atoms with van der Waals surface area (Å²) in [6, 6.07) is 11.7. The number of benzene rings is 2. The maximum Gasteiger partial charge on any atom is 0.227 e. The van der Waals surface area contributed by atoms with Crippen LogP contribution in [0.4, 0.5) is 10.1 Å². The average molecular weight is 494 g/mol. The summed E-state index contributed by atoms with van der Waals surface area (Å²) in [4.78, 5) is 15.2. The first-order valence-electron chi connectivity index (χ1n) is 11.3. The molecule has 33 heavy (non-hydrogen) atoms. The molecule has 3 rings (SSSR count). The minimum atomic E-state index is -1.43. The van der Waals surface area contributed by atoms with Crippen molar-refractivity contribution in [3.05, 3.63) is 58.9 Å². The lowest BCUT2D eigenvalue weighted by molar-refractivity contribution is -0.120. The molecule has 1 unspecified atom stereocenters. The minimum Gasteiger partial charge on any atom is -0.381 e. The highest BCUT2D eigenvalue weighted by Gasteiger charge is 2.42. The highest BCUT2D eigenvalue weighted by molar-refractivity contribution is 7.86. The van der Waals surface area contributed by atoms with Crippen molar-refractivity contribution < 1.29 is 18.1 Å². The molecular formula is C26H33ClFNO3S. The van der Waals surface area contributed by atoms with Crippen LogP contribution in [-0.2, 0) is 25.1 Å². The third kappa shape index (κ3) is 5.84. The smallest absolute Gasteiger partial charge is 0.227 e. The van der Waals surface area contributed by atoms with Crippen LogP contribution in [0.1, 0.15) is 59.4 Å². The van der Waals surface area contributed by atoms with Gasteiger partial charge in [-0.1, -0.05) is 38.4 Å². The number of carbonyl (C=O) groups excluding carboxylic acids is 1. The summed E-state index contributed by atoms with van der Waals surface area (Å²) < 4.78 is 34.1. The molecule has 0 spiro atoms. The first kappa shape index (κ1) is 25.9. The SMILES string of the molecule is CC(C)N(C(=O)CC(C)(C)C)c1ccc(C2(S(=O)c3ccc(Cl)cc3)CCOCC2)cc1F. The van der Waals surface area contributed by atoms with E-state index in [1.807, 2.05) is 40.7 Å². The van der Waals surface area contributed by atoms with Gasteiger partial charge in [0.2, 0.25) is 5.91 Å². The van der Waals surface area contributed by atoms with E-state index in [4.69, 9.17) is 16.3 Å². The number of anilines is 1. The van der Waals surface area contributed by atoms with Crippen molar-refractivity contribution in [1.82, 2.24) is 0 Å². The monoisotopic (exact) mass is 493 g/mol. The van der Waals surface area contributed by atoms with Crippen molar-refractivity contribution in [3.63, 3.8) is 0 Å². The molecule has 7 heteroatoms. The molecule has 1 fully saturated rings. The summed E-state index contributed by atoms with van der Waals surface area (Å²) in [5.41, 5.74) is 0.706. The van der Waals surface area contributed by atoms with E-state index in [1.54, 1.807) is 30.3 Å². The van der Waals surface area contributed by atoms with Crippen LogP contribution in [0.3, 0.4) is 0 Å². The van der Waals surface area contributed by atoms with Gasteiger partial charge in [-0.2, -0.15) is 0 Å².